The Kier molecular flexibility index (Phi) is 3.21. The summed E-state index contributed by atoms with van der Waals surface area (Å²) in [6.45, 7) is 1.82. The van der Waals surface area contributed by atoms with Gasteiger partial charge in [0.15, 0.2) is 0 Å². The van der Waals surface area contributed by atoms with Crippen molar-refractivity contribution in [1.82, 2.24) is 0 Å². The smallest absolute Gasteiger partial charge is 0.0573 e. The molecule has 2 aliphatic carbocycles. The molecule has 3 rings (SSSR count). The molecule has 0 aromatic rings. The minimum absolute atomic E-state index is 0.0154. The van der Waals surface area contributed by atoms with Crippen molar-refractivity contribution in [2.45, 2.75) is 51.0 Å². The number of aliphatic hydroxyl groups is 1. The average Bonchev–Trinajstić information content (AvgIpc) is 2.92. The van der Waals surface area contributed by atoms with E-state index < -0.39 is 0 Å². The van der Waals surface area contributed by atoms with Crippen LogP contribution in [0.2, 0.25) is 0 Å². The predicted molar refractivity (Wildman–Crippen MR) is 63.1 cm³/mol. The van der Waals surface area contributed by atoms with E-state index in [9.17, 15) is 5.11 Å². The highest BCUT2D eigenvalue weighted by molar-refractivity contribution is 4.93. The summed E-state index contributed by atoms with van der Waals surface area (Å²) >= 11 is 0. The highest BCUT2D eigenvalue weighted by Crippen LogP contribution is 2.50. The third-order valence-corrected chi connectivity index (χ3v) is 5.20. The Hall–Kier alpha value is -0.0800. The van der Waals surface area contributed by atoms with Crippen LogP contribution >= 0.6 is 0 Å². The molecule has 16 heavy (non-hydrogen) atoms. The van der Waals surface area contributed by atoms with Crippen molar-refractivity contribution in [3.05, 3.63) is 0 Å². The van der Waals surface area contributed by atoms with E-state index in [1.807, 2.05) is 0 Å². The quantitative estimate of drug-likeness (QED) is 0.798. The Morgan fingerprint density at radius 2 is 1.88 bits per heavy atom. The maximum atomic E-state index is 10.4. The van der Waals surface area contributed by atoms with Crippen LogP contribution in [0.15, 0.2) is 0 Å². The van der Waals surface area contributed by atoms with Crippen molar-refractivity contribution in [2.75, 3.05) is 13.2 Å². The van der Waals surface area contributed by atoms with Crippen LogP contribution in [-0.4, -0.2) is 24.4 Å². The monoisotopic (exact) mass is 224 g/mol. The van der Waals surface area contributed by atoms with Crippen molar-refractivity contribution < 1.29 is 9.84 Å². The van der Waals surface area contributed by atoms with Gasteiger partial charge in [-0.15, -0.1) is 0 Å². The molecule has 1 aliphatic heterocycles. The fourth-order valence-corrected chi connectivity index (χ4v) is 4.26. The lowest BCUT2D eigenvalue weighted by molar-refractivity contribution is 0.0161. The molecule has 0 spiro atoms. The topological polar surface area (TPSA) is 29.5 Å². The van der Waals surface area contributed by atoms with Crippen LogP contribution in [0.25, 0.3) is 0 Å². The number of fused-ring (bicyclic) bond motifs is 2. The Bertz CT molecular complexity index is 235. The second-order valence-corrected chi connectivity index (χ2v) is 6.20. The van der Waals surface area contributed by atoms with Gasteiger partial charge >= 0.3 is 0 Å². The number of hydrogen-bond donors (Lipinski definition) is 1. The van der Waals surface area contributed by atoms with Gasteiger partial charge in [-0.3, -0.25) is 0 Å². The standard InChI is InChI=1S/C14H24O2/c15-14(9-10-3-5-16-6-4-10)13-8-11-1-2-12(13)7-11/h10-15H,1-9H2. The van der Waals surface area contributed by atoms with Crippen LogP contribution in [0.5, 0.6) is 0 Å². The van der Waals surface area contributed by atoms with Crippen LogP contribution in [0.3, 0.4) is 0 Å². The highest BCUT2D eigenvalue weighted by atomic mass is 16.5. The first-order valence-electron chi connectivity index (χ1n) is 7.08. The van der Waals surface area contributed by atoms with E-state index in [0.29, 0.717) is 5.92 Å². The van der Waals surface area contributed by atoms with Gasteiger partial charge in [0.1, 0.15) is 0 Å². The summed E-state index contributed by atoms with van der Waals surface area (Å²) in [5.74, 6) is 3.18. The summed E-state index contributed by atoms with van der Waals surface area (Å²) in [5.41, 5.74) is 0. The molecule has 3 fully saturated rings. The molecule has 3 aliphatic rings. The molecule has 0 aromatic heterocycles. The van der Waals surface area contributed by atoms with Crippen LogP contribution < -0.4 is 0 Å². The van der Waals surface area contributed by atoms with Gasteiger partial charge in [-0.1, -0.05) is 6.42 Å². The molecular formula is C14H24O2. The van der Waals surface area contributed by atoms with E-state index in [4.69, 9.17) is 4.74 Å². The number of rotatable bonds is 3. The average molecular weight is 224 g/mol. The molecule has 2 bridgehead atoms. The zero-order valence-electron chi connectivity index (χ0n) is 10.1. The van der Waals surface area contributed by atoms with Gasteiger partial charge in [-0.25, -0.2) is 0 Å². The molecular weight excluding hydrogens is 200 g/mol. The fraction of sp³-hybridized carbons (Fsp3) is 1.00. The largest absolute Gasteiger partial charge is 0.393 e. The van der Waals surface area contributed by atoms with Crippen molar-refractivity contribution in [3.63, 3.8) is 0 Å². The lowest BCUT2D eigenvalue weighted by atomic mass is 9.80. The van der Waals surface area contributed by atoms with Gasteiger partial charge in [0, 0.05) is 13.2 Å². The van der Waals surface area contributed by atoms with E-state index in [1.54, 1.807) is 0 Å². The maximum absolute atomic E-state index is 10.4. The second kappa shape index (κ2) is 4.66. The summed E-state index contributed by atoms with van der Waals surface area (Å²) in [5, 5.41) is 10.4. The lowest BCUT2D eigenvalue weighted by Gasteiger charge is -2.31. The van der Waals surface area contributed by atoms with Gasteiger partial charge in [0.25, 0.3) is 0 Å². The molecule has 4 atom stereocenters. The summed E-state index contributed by atoms with van der Waals surface area (Å²) in [4.78, 5) is 0. The van der Waals surface area contributed by atoms with Gasteiger partial charge in [0.2, 0.25) is 0 Å². The molecule has 2 saturated carbocycles. The first kappa shape index (κ1) is 11.0. The van der Waals surface area contributed by atoms with Gasteiger partial charge in [-0.2, -0.15) is 0 Å². The third-order valence-electron chi connectivity index (χ3n) is 5.20. The van der Waals surface area contributed by atoms with Crippen LogP contribution in [0, 0.1) is 23.7 Å². The third kappa shape index (κ3) is 2.14. The molecule has 1 heterocycles. The molecule has 0 amide bonds. The molecule has 2 heteroatoms. The zero-order valence-corrected chi connectivity index (χ0v) is 10.1. The molecule has 1 saturated heterocycles. The Morgan fingerprint density at radius 1 is 1.06 bits per heavy atom. The summed E-state index contributed by atoms with van der Waals surface area (Å²) < 4.78 is 5.37. The van der Waals surface area contributed by atoms with E-state index in [2.05, 4.69) is 0 Å². The van der Waals surface area contributed by atoms with E-state index in [1.165, 1.54) is 25.7 Å². The van der Waals surface area contributed by atoms with E-state index in [-0.39, 0.29) is 6.10 Å². The van der Waals surface area contributed by atoms with Gasteiger partial charge < -0.3 is 9.84 Å². The van der Waals surface area contributed by atoms with Gasteiger partial charge in [-0.05, 0) is 62.2 Å². The fourth-order valence-electron chi connectivity index (χ4n) is 4.26. The predicted octanol–water partition coefficient (Wildman–Crippen LogP) is 2.60. The molecule has 92 valence electrons. The van der Waals surface area contributed by atoms with Crippen molar-refractivity contribution in [3.8, 4) is 0 Å². The number of ether oxygens (including phenoxy) is 1. The van der Waals surface area contributed by atoms with Crippen molar-refractivity contribution in [2.24, 2.45) is 23.7 Å². The number of aliphatic hydroxyl groups excluding tert-OH is 1. The lowest BCUT2D eigenvalue weighted by Crippen LogP contribution is -2.29. The van der Waals surface area contributed by atoms with E-state index >= 15 is 0 Å². The van der Waals surface area contributed by atoms with Crippen molar-refractivity contribution in [1.29, 1.82) is 0 Å². The minimum atomic E-state index is -0.0154. The van der Waals surface area contributed by atoms with Crippen LogP contribution in [-0.2, 0) is 4.74 Å². The zero-order chi connectivity index (χ0) is 11.0. The van der Waals surface area contributed by atoms with E-state index in [0.717, 1.165) is 50.2 Å². The highest BCUT2D eigenvalue weighted by Gasteiger charge is 2.42. The Labute approximate surface area is 98.4 Å². The first-order valence-corrected chi connectivity index (χ1v) is 7.08. The summed E-state index contributed by atoms with van der Waals surface area (Å²) in [7, 11) is 0. The summed E-state index contributed by atoms with van der Waals surface area (Å²) in [6, 6.07) is 0. The molecule has 1 N–H and O–H groups in total. The van der Waals surface area contributed by atoms with Crippen molar-refractivity contribution >= 4 is 0 Å². The minimum Gasteiger partial charge on any atom is -0.393 e. The summed E-state index contributed by atoms with van der Waals surface area (Å²) in [6.07, 6.45) is 8.90. The Morgan fingerprint density at radius 3 is 2.50 bits per heavy atom. The second-order valence-electron chi connectivity index (χ2n) is 6.20. The molecule has 0 aromatic carbocycles. The molecule has 0 radical (unpaired) electrons. The maximum Gasteiger partial charge on any atom is 0.0573 e. The van der Waals surface area contributed by atoms with Gasteiger partial charge in [0.05, 0.1) is 6.10 Å². The SMILES string of the molecule is OC(CC1CCOCC1)C1CC2CCC1C2. The first-order chi connectivity index (χ1) is 7.83. The van der Waals surface area contributed by atoms with Crippen LogP contribution in [0.1, 0.15) is 44.9 Å². The molecule has 2 nitrogen and oxygen atoms in total. The number of hydrogen-bond acceptors (Lipinski definition) is 2. The van der Waals surface area contributed by atoms with Crippen LogP contribution in [0.4, 0.5) is 0 Å². The molecule has 4 unspecified atom stereocenters. The normalized spacial score (nSPS) is 41.4. The Balaban J connectivity index is 1.51.